The molecule has 1 heterocycles. The Hall–Kier alpha value is -2.52. The van der Waals surface area contributed by atoms with Gasteiger partial charge in [0.05, 0.1) is 22.7 Å². The van der Waals surface area contributed by atoms with Crippen molar-refractivity contribution >= 4 is 35.1 Å². The van der Waals surface area contributed by atoms with E-state index in [-0.39, 0.29) is 18.3 Å². The molecule has 2 atom stereocenters. The monoisotopic (exact) mass is 524 g/mol. The zero-order valence-corrected chi connectivity index (χ0v) is 21.4. The summed E-state index contributed by atoms with van der Waals surface area (Å²) in [4.78, 5) is 26.7. The largest absolute Gasteiger partial charge is 0.490 e. The van der Waals surface area contributed by atoms with Gasteiger partial charge in [0.1, 0.15) is 35.9 Å². The lowest BCUT2D eigenvalue weighted by atomic mass is 10.0. The third-order valence-electron chi connectivity index (χ3n) is 5.58. The van der Waals surface area contributed by atoms with E-state index in [1.807, 2.05) is 0 Å². The van der Waals surface area contributed by atoms with E-state index in [9.17, 15) is 14.7 Å². The van der Waals surface area contributed by atoms with E-state index in [0.717, 1.165) is 13.0 Å². The number of amides is 1. The minimum Gasteiger partial charge on any atom is -0.490 e. The van der Waals surface area contributed by atoms with Gasteiger partial charge in [0.2, 0.25) is 0 Å². The van der Waals surface area contributed by atoms with Gasteiger partial charge in [0.25, 0.3) is 5.91 Å². The van der Waals surface area contributed by atoms with Crippen LogP contribution in [0.3, 0.4) is 0 Å². The molecular weight excluding hydrogens is 495 g/mol. The number of nitrogens with zero attached hydrogens (tertiary/aromatic N) is 1. The molecule has 190 valence electrons. The van der Waals surface area contributed by atoms with E-state index in [1.54, 1.807) is 56.3 Å². The van der Waals surface area contributed by atoms with Crippen LogP contribution < -0.4 is 14.8 Å². The minimum absolute atomic E-state index is 0.000492. The lowest BCUT2D eigenvalue weighted by molar-refractivity contribution is -0.146. The molecule has 0 saturated carbocycles. The molecule has 0 aromatic heterocycles. The molecule has 8 nitrogen and oxygen atoms in total. The van der Waals surface area contributed by atoms with Crippen molar-refractivity contribution in [2.75, 3.05) is 33.4 Å². The van der Waals surface area contributed by atoms with E-state index in [0.29, 0.717) is 34.6 Å². The van der Waals surface area contributed by atoms with Crippen LogP contribution in [-0.2, 0) is 9.53 Å². The number of nitrogens with one attached hydrogen (secondary N) is 1. The summed E-state index contributed by atoms with van der Waals surface area (Å²) in [6, 6.07) is 11.8. The Bertz CT molecular complexity index is 1050. The molecule has 3 rings (SSSR count). The molecule has 1 saturated heterocycles. The number of para-hydroxylation sites is 1. The zero-order chi connectivity index (χ0) is 25.6. The van der Waals surface area contributed by atoms with Crippen molar-refractivity contribution in [3.8, 4) is 11.5 Å². The summed E-state index contributed by atoms with van der Waals surface area (Å²) in [5, 5.41) is 14.1. The maximum atomic E-state index is 12.8. The van der Waals surface area contributed by atoms with Crippen LogP contribution in [0.2, 0.25) is 10.0 Å². The number of hydrogen-bond donors (Lipinski definition) is 2. The molecule has 2 N–H and O–H groups in total. The third kappa shape index (κ3) is 7.48. The predicted molar refractivity (Wildman–Crippen MR) is 133 cm³/mol. The van der Waals surface area contributed by atoms with Crippen molar-refractivity contribution in [2.24, 2.45) is 0 Å². The molecule has 1 fully saturated rings. The van der Waals surface area contributed by atoms with Crippen molar-refractivity contribution in [1.82, 2.24) is 10.2 Å². The van der Waals surface area contributed by atoms with Crippen LogP contribution in [0.5, 0.6) is 11.5 Å². The molecule has 10 heteroatoms. The summed E-state index contributed by atoms with van der Waals surface area (Å²) >= 11 is 12.0. The van der Waals surface area contributed by atoms with Crippen LogP contribution in [-0.4, -0.2) is 73.0 Å². The maximum Gasteiger partial charge on any atom is 0.330 e. The highest BCUT2D eigenvalue weighted by molar-refractivity contribution is 6.42. The van der Waals surface area contributed by atoms with Gasteiger partial charge in [-0.2, -0.15) is 0 Å². The number of esters is 1. The van der Waals surface area contributed by atoms with E-state index in [1.165, 1.54) is 7.11 Å². The normalized spacial score (nSPS) is 17.0. The van der Waals surface area contributed by atoms with Crippen LogP contribution in [0.4, 0.5) is 0 Å². The molecule has 0 radical (unpaired) electrons. The topological polar surface area (TPSA) is 97.3 Å². The first kappa shape index (κ1) is 27.1. The van der Waals surface area contributed by atoms with E-state index in [2.05, 4.69) is 10.2 Å². The Kier molecular flexibility index (Phi) is 9.24. The quantitative estimate of drug-likeness (QED) is 0.458. The van der Waals surface area contributed by atoms with Crippen molar-refractivity contribution < 1.29 is 28.9 Å². The fourth-order valence-electron chi connectivity index (χ4n) is 3.78. The Labute approximate surface area is 215 Å². The van der Waals surface area contributed by atoms with Crippen LogP contribution >= 0.6 is 23.2 Å². The number of aliphatic hydroxyl groups excluding tert-OH is 1. The molecular formula is C25H30Cl2N2O6. The highest BCUT2D eigenvalue weighted by Crippen LogP contribution is 2.28. The lowest BCUT2D eigenvalue weighted by Crippen LogP contribution is -2.50. The number of halogens is 2. The molecule has 2 unspecified atom stereocenters. The first-order valence-electron chi connectivity index (χ1n) is 11.2. The number of benzene rings is 2. The Balaban J connectivity index is 1.50. The Morgan fingerprint density at radius 2 is 1.94 bits per heavy atom. The average molecular weight is 525 g/mol. The number of rotatable bonds is 10. The van der Waals surface area contributed by atoms with Gasteiger partial charge in [-0.05, 0) is 44.5 Å². The molecule has 2 aromatic carbocycles. The molecule has 35 heavy (non-hydrogen) atoms. The van der Waals surface area contributed by atoms with E-state index in [4.69, 9.17) is 37.4 Å². The summed E-state index contributed by atoms with van der Waals surface area (Å²) in [7, 11) is 1.26. The standard InChI is InChI=1S/C25H30Cl2N2O6/c1-25(2,24(32)33-3)28-23(31)19-6-4-5-7-22(19)34-15-16(30)13-29-11-10-18(14-29)35-17-8-9-20(26)21(27)12-17/h4-9,12,16,18,30H,10-11,13-15H2,1-3H3,(H,28,31). The van der Waals surface area contributed by atoms with Crippen LogP contribution in [0.25, 0.3) is 0 Å². The average Bonchev–Trinajstić information content (AvgIpc) is 3.25. The van der Waals surface area contributed by atoms with Gasteiger partial charge in [-0.15, -0.1) is 0 Å². The fourth-order valence-corrected chi connectivity index (χ4v) is 4.06. The van der Waals surface area contributed by atoms with Crippen molar-refractivity contribution in [1.29, 1.82) is 0 Å². The number of carbonyl (C=O) groups excluding carboxylic acids is 2. The fraction of sp³-hybridized carbons (Fsp3) is 0.440. The van der Waals surface area contributed by atoms with Gasteiger partial charge in [-0.25, -0.2) is 4.79 Å². The summed E-state index contributed by atoms with van der Waals surface area (Å²) in [5.41, 5.74) is -0.947. The lowest BCUT2D eigenvalue weighted by Gasteiger charge is -2.24. The second-order valence-electron chi connectivity index (χ2n) is 8.90. The number of β-amino-alcohol motifs (C(OH)–C–C–N with tert-alkyl or cyclic N) is 1. The van der Waals surface area contributed by atoms with Crippen LogP contribution in [0.15, 0.2) is 42.5 Å². The van der Waals surface area contributed by atoms with Gasteiger partial charge < -0.3 is 24.6 Å². The number of hydrogen-bond acceptors (Lipinski definition) is 7. The van der Waals surface area contributed by atoms with Crippen molar-refractivity contribution in [3.63, 3.8) is 0 Å². The van der Waals surface area contributed by atoms with E-state index < -0.39 is 23.5 Å². The highest BCUT2D eigenvalue weighted by Gasteiger charge is 2.32. The van der Waals surface area contributed by atoms with Crippen molar-refractivity contribution in [2.45, 2.75) is 38.0 Å². The minimum atomic E-state index is -1.20. The van der Waals surface area contributed by atoms with Crippen molar-refractivity contribution in [3.05, 3.63) is 58.1 Å². The molecule has 0 aliphatic carbocycles. The number of carbonyl (C=O) groups is 2. The molecule has 1 amide bonds. The van der Waals surface area contributed by atoms with E-state index >= 15 is 0 Å². The SMILES string of the molecule is COC(=O)C(C)(C)NC(=O)c1ccccc1OCC(O)CN1CCC(Oc2ccc(Cl)c(Cl)c2)C1. The van der Waals surface area contributed by atoms with Gasteiger partial charge >= 0.3 is 5.97 Å². The number of aliphatic hydroxyl groups is 1. The molecule has 1 aliphatic rings. The first-order chi connectivity index (χ1) is 16.6. The summed E-state index contributed by atoms with van der Waals surface area (Å²) in [5.74, 6) is -0.0774. The third-order valence-corrected chi connectivity index (χ3v) is 6.32. The van der Waals surface area contributed by atoms with Crippen LogP contribution in [0.1, 0.15) is 30.6 Å². The van der Waals surface area contributed by atoms with Gasteiger partial charge in [-0.1, -0.05) is 35.3 Å². The van der Waals surface area contributed by atoms with Gasteiger partial charge in [0, 0.05) is 25.7 Å². The second kappa shape index (κ2) is 11.9. The summed E-state index contributed by atoms with van der Waals surface area (Å²) < 4.78 is 16.5. The maximum absolute atomic E-state index is 12.8. The Morgan fingerprint density at radius 3 is 2.66 bits per heavy atom. The predicted octanol–water partition coefficient (Wildman–Crippen LogP) is 3.57. The summed E-state index contributed by atoms with van der Waals surface area (Å²) in [6.45, 7) is 4.92. The molecule has 1 aliphatic heterocycles. The zero-order valence-electron chi connectivity index (χ0n) is 19.9. The molecule has 0 spiro atoms. The smallest absolute Gasteiger partial charge is 0.330 e. The molecule has 0 bridgehead atoms. The number of ether oxygens (including phenoxy) is 3. The number of methoxy groups -OCH3 is 1. The highest BCUT2D eigenvalue weighted by atomic mass is 35.5. The second-order valence-corrected chi connectivity index (χ2v) is 9.71. The van der Waals surface area contributed by atoms with Gasteiger partial charge in [0.15, 0.2) is 0 Å². The van der Waals surface area contributed by atoms with Gasteiger partial charge in [-0.3, -0.25) is 9.69 Å². The Morgan fingerprint density at radius 1 is 1.20 bits per heavy atom. The van der Waals surface area contributed by atoms with Crippen LogP contribution in [0, 0.1) is 0 Å². The number of likely N-dealkylation sites (tertiary alicyclic amines) is 1. The molecule has 2 aromatic rings. The first-order valence-corrected chi connectivity index (χ1v) is 12.0. The summed E-state index contributed by atoms with van der Waals surface area (Å²) in [6.07, 6.45) is 0.0107.